The molecule has 0 aliphatic rings. The van der Waals surface area contributed by atoms with Gasteiger partial charge in [0.25, 0.3) is 0 Å². The van der Waals surface area contributed by atoms with Gasteiger partial charge in [-0.1, -0.05) is 42.5 Å². The van der Waals surface area contributed by atoms with Crippen LogP contribution in [-0.4, -0.2) is 13.0 Å². The van der Waals surface area contributed by atoms with Crippen LogP contribution in [0.4, 0.5) is 0 Å². The molecule has 0 saturated carbocycles. The second kappa shape index (κ2) is 7.23. The van der Waals surface area contributed by atoms with Gasteiger partial charge in [-0.25, -0.2) is 4.18 Å². The largest absolute Gasteiger partial charge is 0.397 e. The van der Waals surface area contributed by atoms with E-state index >= 15 is 0 Å². The summed E-state index contributed by atoms with van der Waals surface area (Å²) in [7, 11) is -4.52. The van der Waals surface area contributed by atoms with E-state index < -0.39 is 16.5 Å². The highest BCUT2D eigenvalue weighted by Gasteiger charge is 2.26. The van der Waals surface area contributed by atoms with Gasteiger partial charge in [-0.05, 0) is 24.3 Å². The Kier molecular flexibility index (Phi) is 5.95. The summed E-state index contributed by atoms with van der Waals surface area (Å²) >= 11 is 0. The first-order valence-corrected chi connectivity index (χ1v) is 7.27. The summed E-state index contributed by atoms with van der Waals surface area (Å²) in [6.45, 7) is 7.31. The van der Waals surface area contributed by atoms with Crippen LogP contribution in [-0.2, 0) is 14.6 Å². The molecule has 0 amide bonds. The van der Waals surface area contributed by atoms with Gasteiger partial charge in [0, 0.05) is 0 Å². The van der Waals surface area contributed by atoms with Gasteiger partial charge in [-0.3, -0.25) is 4.55 Å². The Balaban J connectivity index is 3.09. The molecule has 0 radical (unpaired) electrons. The zero-order chi connectivity index (χ0) is 14.3. The molecule has 0 spiro atoms. The number of hydrogen-bond donors (Lipinski definition) is 1. The summed E-state index contributed by atoms with van der Waals surface area (Å²) in [4.78, 5) is 0. The Morgan fingerprint density at radius 3 is 2.11 bits per heavy atom. The van der Waals surface area contributed by atoms with Gasteiger partial charge in [-0.15, -0.1) is 13.2 Å². The molecule has 0 aromatic heterocycles. The third kappa shape index (κ3) is 5.38. The van der Waals surface area contributed by atoms with E-state index in [9.17, 15) is 8.42 Å². The molecule has 1 rings (SSSR count). The molecule has 0 aliphatic heterocycles. The van der Waals surface area contributed by atoms with E-state index in [0.29, 0.717) is 18.4 Å². The SMILES string of the molecule is C=CCC(CC=C)C(OS(=O)(=O)O)c1ccccc1. The molecule has 104 valence electrons. The third-order valence-electron chi connectivity index (χ3n) is 2.72. The molecule has 0 saturated heterocycles. The average molecular weight is 282 g/mol. The molecule has 1 atom stereocenters. The molecular formula is C14H18O4S. The first kappa shape index (κ1) is 15.6. The fraction of sp³-hybridized carbons (Fsp3) is 0.286. The Morgan fingerprint density at radius 2 is 1.68 bits per heavy atom. The van der Waals surface area contributed by atoms with Crippen molar-refractivity contribution in [1.29, 1.82) is 0 Å². The summed E-state index contributed by atoms with van der Waals surface area (Å²) < 4.78 is 35.8. The topological polar surface area (TPSA) is 63.6 Å². The zero-order valence-corrected chi connectivity index (χ0v) is 11.4. The molecule has 1 N–H and O–H groups in total. The van der Waals surface area contributed by atoms with E-state index in [-0.39, 0.29) is 5.92 Å². The minimum Gasteiger partial charge on any atom is -0.264 e. The number of rotatable bonds is 8. The minimum atomic E-state index is -4.52. The summed E-state index contributed by atoms with van der Waals surface area (Å²) in [5.41, 5.74) is 0.689. The van der Waals surface area contributed by atoms with Crippen LogP contribution >= 0.6 is 0 Å². The van der Waals surface area contributed by atoms with Crippen LogP contribution in [0.2, 0.25) is 0 Å². The van der Waals surface area contributed by atoms with Gasteiger partial charge in [0.05, 0.1) is 0 Å². The Bertz CT molecular complexity index is 498. The lowest BCUT2D eigenvalue weighted by atomic mass is 9.90. The highest BCUT2D eigenvalue weighted by atomic mass is 32.3. The van der Waals surface area contributed by atoms with E-state index in [1.54, 1.807) is 36.4 Å². The van der Waals surface area contributed by atoms with Gasteiger partial charge in [0.1, 0.15) is 6.10 Å². The first-order valence-electron chi connectivity index (χ1n) is 5.90. The van der Waals surface area contributed by atoms with Crippen molar-refractivity contribution >= 4 is 10.4 Å². The molecule has 0 aliphatic carbocycles. The van der Waals surface area contributed by atoms with Crippen LogP contribution in [0.25, 0.3) is 0 Å². The van der Waals surface area contributed by atoms with E-state index in [4.69, 9.17) is 8.74 Å². The highest BCUT2D eigenvalue weighted by molar-refractivity contribution is 7.80. The normalized spacial score (nSPS) is 13.2. The van der Waals surface area contributed by atoms with Crippen molar-refractivity contribution in [3.8, 4) is 0 Å². The Morgan fingerprint density at radius 1 is 1.16 bits per heavy atom. The molecule has 1 unspecified atom stereocenters. The molecule has 0 heterocycles. The van der Waals surface area contributed by atoms with Gasteiger partial charge in [-0.2, -0.15) is 8.42 Å². The van der Waals surface area contributed by atoms with Crippen LogP contribution < -0.4 is 0 Å². The Hall–Kier alpha value is -1.43. The third-order valence-corrected chi connectivity index (χ3v) is 3.17. The van der Waals surface area contributed by atoms with Crippen LogP contribution in [0.5, 0.6) is 0 Å². The predicted molar refractivity (Wildman–Crippen MR) is 74.9 cm³/mol. The Labute approximate surface area is 114 Å². The maximum atomic E-state index is 11.0. The highest BCUT2D eigenvalue weighted by Crippen LogP contribution is 2.32. The van der Waals surface area contributed by atoms with E-state index in [1.165, 1.54) is 0 Å². The molecule has 4 nitrogen and oxygen atoms in total. The predicted octanol–water partition coefficient (Wildman–Crippen LogP) is 3.32. The average Bonchev–Trinajstić information content (AvgIpc) is 2.36. The van der Waals surface area contributed by atoms with Crippen LogP contribution in [0, 0.1) is 5.92 Å². The zero-order valence-electron chi connectivity index (χ0n) is 10.6. The second-order valence-electron chi connectivity index (χ2n) is 4.16. The maximum absolute atomic E-state index is 11.0. The van der Waals surface area contributed by atoms with Crippen molar-refractivity contribution in [2.45, 2.75) is 18.9 Å². The van der Waals surface area contributed by atoms with Crippen molar-refractivity contribution in [3.63, 3.8) is 0 Å². The van der Waals surface area contributed by atoms with Crippen LogP contribution in [0.3, 0.4) is 0 Å². The van der Waals surface area contributed by atoms with E-state index in [0.717, 1.165) is 0 Å². The lowest BCUT2D eigenvalue weighted by molar-refractivity contribution is 0.125. The number of benzene rings is 1. The van der Waals surface area contributed by atoms with Crippen LogP contribution in [0.1, 0.15) is 24.5 Å². The minimum absolute atomic E-state index is 0.153. The van der Waals surface area contributed by atoms with Crippen LogP contribution in [0.15, 0.2) is 55.6 Å². The summed E-state index contributed by atoms with van der Waals surface area (Å²) in [6.07, 6.45) is 3.74. The van der Waals surface area contributed by atoms with Crippen molar-refractivity contribution in [3.05, 3.63) is 61.2 Å². The van der Waals surface area contributed by atoms with Crippen molar-refractivity contribution < 1.29 is 17.2 Å². The molecule has 0 bridgehead atoms. The first-order chi connectivity index (χ1) is 8.98. The van der Waals surface area contributed by atoms with Gasteiger partial charge in [0.15, 0.2) is 0 Å². The quantitative estimate of drug-likeness (QED) is 0.587. The fourth-order valence-corrected chi connectivity index (χ4v) is 2.48. The summed E-state index contributed by atoms with van der Waals surface area (Å²) in [6, 6.07) is 8.91. The monoisotopic (exact) mass is 282 g/mol. The molecule has 1 aromatic carbocycles. The van der Waals surface area contributed by atoms with Crippen molar-refractivity contribution in [1.82, 2.24) is 0 Å². The molecular weight excluding hydrogens is 264 g/mol. The van der Waals surface area contributed by atoms with E-state index in [2.05, 4.69) is 13.2 Å². The molecule has 0 fully saturated rings. The number of allylic oxidation sites excluding steroid dienone is 2. The summed E-state index contributed by atoms with van der Waals surface area (Å²) in [5, 5.41) is 0. The number of hydrogen-bond acceptors (Lipinski definition) is 3. The molecule has 1 aromatic rings. The van der Waals surface area contributed by atoms with E-state index in [1.807, 2.05) is 6.07 Å². The second-order valence-corrected chi connectivity index (χ2v) is 5.21. The van der Waals surface area contributed by atoms with Crippen molar-refractivity contribution in [2.24, 2.45) is 5.92 Å². The standard InChI is InChI=1S/C14H18O4S/c1-3-8-12(9-4-2)14(18-19(15,16)17)13-10-6-5-7-11-13/h3-7,10-12,14H,1-2,8-9H2,(H,15,16,17). The fourth-order valence-electron chi connectivity index (χ4n) is 1.95. The summed E-state index contributed by atoms with van der Waals surface area (Å²) in [5.74, 6) is -0.153. The van der Waals surface area contributed by atoms with Gasteiger partial charge < -0.3 is 0 Å². The van der Waals surface area contributed by atoms with Gasteiger partial charge in [0.2, 0.25) is 0 Å². The molecule has 5 heteroatoms. The lowest BCUT2D eigenvalue weighted by Gasteiger charge is -2.24. The lowest BCUT2D eigenvalue weighted by Crippen LogP contribution is -2.19. The smallest absolute Gasteiger partial charge is 0.264 e. The molecule has 19 heavy (non-hydrogen) atoms. The van der Waals surface area contributed by atoms with Crippen molar-refractivity contribution in [2.75, 3.05) is 0 Å². The van der Waals surface area contributed by atoms with Gasteiger partial charge >= 0.3 is 10.4 Å². The maximum Gasteiger partial charge on any atom is 0.397 e.